The van der Waals surface area contributed by atoms with Gasteiger partial charge in [0.25, 0.3) is 0 Å². The first-order valence-corrected chi connectivity index (χ1v) is 10.6. The summed E-state index contributed by atoms with van der Waals surface area (Å²) in [6.45, 7) is 12.9. The third-order valence-corrected chi connectivity index (χ3v) is 5.59. The van der Waals surface area contributed by atoms with Gasteiger partial charge in [0.1, 0.15) is 0 Å². The lowest BCUT2D eigenvalue weighted by Gasteiger charge is -2.35. The molecular formula is C20H34N4S. The summed E-state index contributed by atoms with van der Waals surface area (Å²) in [6.07, 6.45) is 2.39. The van der Waals surface area contributed by atoms with Crippen molar-refractivity contribution >= 4 is 17.7 Å². The van der Waals surface area contributed by atoms with E-state index in [4.69, 9.17) is 4.99 Å². The standard InChI is InChI=1S/C20H34N4S/c1-5-21-20(23-18-10-13-24(14-11-18)16(2)3)22-12-15-25-19-8-6-17(4)7-9-19/h6-9,16,18H,5,10-15H2,1-4H3,(H2,21,22,23). The highest BCUT2D eigenvalue weighted by Gasteiger charge is 2.21. The van der Waals surface area contributed by atoms with Gasteiger partial charge in [-0.25, -0.2) is 0 Å². The minimum absolute atomic E-state index is 0.539. The molecule has 1 aliphatic heterocycles. The molecule has 0 atom stereocenters. The Bertz CT molecular complexity index is 519. The number of nitrogens with one attached hydrogen (secondary N) is 2. The molecule has 25 heavy (non-hydrogen) atoms. The Morgan fingerprint density at radius 2 is 1.92 bits per heavy atom. The molecule has 1 saturated heterocycles. The van der Waals surface area contributed by atoms with Gasteiger partial charge in [0.05, 0.1) is 6.54 Å². The van der Waals surface area contributed by atoms with Crippen molar-refractivity contribution in [2.24, 2.45) is 4.99 Å². The van der Waals surface area contributed by atoms with Crippen LogP contribution >= 0.6 is 11.8 Å². The first-order valence-electron chi connectivity index (χ1n) is 9.57. The summed E-state index contributed by atoms with van der Waals surface area (Å²) in [6, 6.07) is 9.91. The molecule has 0 aromatic heterocycles. The van der Waals surface area contributed by atoms with E-state index in [1.807, 2.05) is 11.8 Å². The molecule has 0 unspecified atom stereocenters. The number of aryl methyl sites for hydroxylation is 1. The molecule has 1 heterocycles. The quantitative estimate of drug-likeness (QED) is 0.337. The zero-order chi connectivity index (χ0) is 18.1. The summed E-state index contributed by atoms with van der Waals surface area (Å²) in [5, 5.41) is 7.01. The van der Waals surface area contributed by atoms with Crippen molar-refractivity contribution in [1.29, 1.82) is 0 Å². The predicted octanol–water partition coefficient (Wildman–Crippen LogP) is 3.52. The predicted molar refractivity (Wildman–Crippen MR) is 111 cm³/mol. The number of guanidine groups is 1. The van der Waals surface area contributed by atoms with Crippen LogP contribution in [0.2, 0.25) is 0 Å². The molecule has 0 aliphatic carbocycles. The molecule has 0 saturated carbocycles. The van der Waals surface area contributed by atoms with Crippen LogP contribution in [0.5, 0.6) is 0 Å². The maximum Gasteiger partial charge on any atom is 0.191 e. The summed E-state index contributed by atoms with van der Waals surface area (Å²) >= 11 is 1.87. The first kappa shape index (κ1) is 20.1. The van der Waals surface area contributed by atoms with E-state index in [9.17, 15) is 0 Å². The number of piperidine rings is 1. The Labute approximate surface area is 157 Å². The molecule has 1 fully saturated rings. The van der Waals surface area contributed by atoms with Crippen molar-refractivity contribution in [1.82, 2.24) is 15.5 Å². The number of hydrogen-bond donors (Lipinski definition) is 2. The van der Waals surface area contributed by atoms with Crippen LogP contribution in [0.1, 0.15) is 39.2 Å². The summed E-state index contributed by atoms with van der Waals surface area (Å²) in [4.78, 5) is 8.63. The summed E-state index contributed by atoms with van der Waals surface area (Å²) in [7, 11) is 0. The van der Waals surface area contributed by atoms with E-state index >= 15 is 0 Å². The van der Waals surface area contributed by atoms with E-state index < -0.39 is 0 Å². The van der Waals surface area contributed by atoms with Gasteiger partial charge in [0, 0.05) is 42.4 Å². The molecule has 0 amide bonds. The molecule has 0 radical (unpaired) electrons. The minimum Gasteiger partial charge on any atom is -0.357 e. The molecule has 5 heteroatoms. The maximum atomic E-state index is 4.75. The topological polar surface area (TPSA) is 39.7 Å². The number of thioether (sulfide) groups is 1. The summed E-state index contributed by atoms with van der Waals surface area (Å²) < 4.78 is 0. The number of likely N-dealkylation sites (tertiary alicyclic amines) is 1. The van der Waals surface area contributed by atoms with Crippen LogP contribution in [-0.4, -0.2) is 54.9 Å². The van der Waals surface area contributed by atoms with Gasteiger partial charge in [0.15, 0.2) is 5.96 Å². The number of aliphatic imine (C=N–C) groups is 1. The van der Waals surface area contributed by atoms with E-state index in [-0.39, 0.29) is 0 Å². The highest BCUT2D eigenvalue weighted by molar-refractivity contribution is 7.99. The maximum absolute atomic E-state index is 4.75. The van der Waals surface area contributed by atoms with Crippen molar-refractivity contribution in [3.05, 3.63) is 29.8 Å². The molecule has 1 aromatic rings. The van der Waals surface area contributed by atoms with Crippen molar-refractivity contribution < 1.29 is 0 Å². The third-order valence-electron chi connectivity index (χ3n) is 4.60. The number of hydrogen-bond acceptors (Lipinski definition) is 3. The Kier molecular flexibility index (Phi) is 8.62. The average Bonchev–Trinajstić information content (AvgIpc) is 2.61. The average molecular weight is 363 g/mol. The zero-order valence-electron chi connectivity index (χ0n) is 16.2. The molecule has 2 N–H and O–H groups in total. The Hall–Kier alpha value is -1.20. The van der Waals surface area contributed by atoms with Crippen LogP contribution in [0.4, 0.5) is 0 Å². The van der Waals surface area contributed by atoms with E-state index in [1.54, 1.807) is 0 Å². The SMILES string of the molecule is CCNC(=NCCSc1ccc(C)cc1)NC1CCN(C(C)C)CC1. The van der Waals surface area contributed by atoms with E-state index in [0.717, 1.165) is 24.8 Å². The van der Waals surface area contributed by atoms with Crippen LogP contribution < -0.4 is 10.6 Å². The fraction of sp³-hybridized carbons (Fsp3) is 0.650. The van der Waals surface area contributed by atoms with Crippen LogP contribution in [0, 0.1) is 6.92 Å². The first-order chi connectivity index (χ1) is 12.1. The van der Waals surface area contributed by atoms with Crippen molar-refractivity contribution in [2.45, 2.75) is 57.5 Å². The summed E-state index contributed by atoms with van der Waals surface area (Å²) in [5.41, 5.74) is 1.31. The van der Waals surface area contributed by atoms with Crippen LogP contribution in [0.25, 0.3) is 0 Å². The van der Waals surface area contributed by atoms with Gasteiger partial charge in [0.2, 0.25) is 0 Å². The van der Waals surface area contributed by atoms with Gasteiger partial charge in [-0.3, -0.25) is 4.99 Å². The second-order valence-corrected chi connectivity index (χ2v) is 8.14. The highest BCUT2D eigenvalue weighted by atomic mass is 32.2. The molecule has 0 bridgehead atoms. The Balaban J connectivity index is 1.75. The molecule has 1 aromatic carbocycles. The fourth-order valence-electron chi connectivity index (χ4n) is 3.03. The molecule has 0 spiro atoms. The molecule has 140 valence electrons. The fourth-order valence-corrected chi connectivity index (χ4v) is 3.78. The van der Waals surface area contributed by atoms with Gasteiger partial charge in [-0.2, -0.15) is 0 Å². The van der Waals surface area contributed by atoms with Gasteiger partial charge in [-0.15, -0.1) is 11.8 Å². The lowest BCUT2D eigenvalue weighted by molar-refractivity contribution is 0.167. The molecule has 1 aliphatic rings. The van der Waals surface area contributed by atoms with E-state index in [1.165, 1.54) is 36.4 Å². The van der Waals surface area contributed by atoms with Crippen LogP contribution in [-0.2, 0) is 0 Å². The summed E-state index contributed by atoms with van der Waals surface area (Å²) in [5.74, 6) is 1.97. The number of nitrogens with zero attached hydrogens (tertiary/aromatic N) is 2. The van der Waals surface area contributed by atoms with Gasteiger partial charge in [-0.1, -0.05) is 17.7 Å². The van der Waals surface area contributed by atoms with E-state index in [2.05, 4.69) is 67.5 Å². The van der Waals surface area contributed by atoms with Crippen LogP contribution in [0.15, 0.2) is 34.2 Å². The van der Waals surface area contributed by atoms with Gasteiger partial charge in [-0.05, 0) is 52.7 Å². The molecule has 4 nitrogen and oxygen atoms in total. The monoisotopic (exact) mass is 362 g/mol. The molecule has 2 rings (SSSR count). The second-order valence-electron chi connectivity index (χ2n) is 6.97. The van der Waals surface area contributed by atoms with Gasteiger partial charge < -0.3 is 15.5 Å². The Morgan fingerprint density at radius 3 is 2.52 bits per heavy atom. The highest BCUT2D eigenvalue weighted by Crippen LogP contribution is 2.18. The van der Waals surface area contributed by atoms with Crippen molar-refractivity contribution in [2.75, 3.05) is 31.9 Å². The van der Waals surface area contributed by atoms with Crippen molar-refractivity contribution in [3.63, 3.8) is 0 Å². The number of rotatable bonds is 7. The largest absolute Gasteiger partial charge is 0.357 e. The lowest BCUT2D eigenvalue weighted by atomic mass is 10.0. The Morgan fingerprint density at radius 1 is 1.24 bits per heavy atom. The minimum atomic E-state index is 0.539. The smallest absolute Gasteiger partial charge is 0.191 e. The number of benzene rings is 1. The van der Waals surface area contributed by atoms with Crippen molar-refractivity contribution in [3.8, 4) is 0 Å². The normalized spacial score (nSPS) is 17.1. The third kappa shape index (κ3) is 7.28. The molecular weight excluding hydrogens is 328 g/mol. The van der Waals surface area contributed by atoms with E-state index in [0.29, 0.717) is 12.1 Å². The lowest BCUT2D eigenvalue weighted by Crippen LogP contribution is -2.49. The zero-order valence-corrected chi connectivity index (χ0v) is 17.0. The van der Waals surface area contributed by atoms with Gasteiger partial charge >= 0.3 is 0 Å². The van der Waals surface area contributed by atoms with Crippen LogP contribution in [0.3, 0.4) is 0 Å². The second kappa shape index (κ2) is 10.7.